The van der Waals surface area contributed by atoms with Crippen LogP contribution in [0.4, 0.5) is 0 Å². The van der Waals surface area contributed by atoms with E-state index >= 15 is 0 Å². The average Bonchev–Trinajstić information content (AvgIpc) is 3.15. The topological polar surface area (TPSA) is 78.9 Å². The van der Waals surface area contributed by atoms with Crippen LogP contribution in [0.25, 0.3) is 0 Å². The summed E-state index contributed by atoms with van der Waals surface area (Å²) in [6.07, 6.45) is 42.4. The summed E-state index contributed by atoms with van der Waals surface area (Å²) >= 11 is 0. The summed E-state index contributed by atoms with van der Waals surface area (Å²) in [5.74, 6) is -0.0167. The molecule has 0 aliphatic carbocycles. The average molecular weight is 765 g/mol. The summed E-state index contributed by atoms with van der Waals surface area (Å²) in [4.78, 5) is 37.6. The highest BCUT2D eigenvalue weighted by Crippen LogP contribution is 2.16. The Hall–Kier alpha value is -1.59. The van der Waals surface area contributed by atoms with Crippen LogP contribution in [-0.2, 0) is 28.6 Å². The summed E-state index contributed by atoms with van der Waals surface area (Å²) in [5.41, 5.74) is 0. The summed E-state index contributed by atoms with van der Waals surface area (Å²) in [5, 5.41) is 0. The molecule has 0 aromatic heterocycles. The maximum Gasteiger partial charge on any atom is 0.306 e. The molecule has 320 valence electrons. The van der Waals surface area contributed by atoms with E-state index in [0.717, 1.165) is 63.7 Å². The van der Waals surface area contributed by atoms with Crippen molar-refractivity contribution in [3.05, 3.63) is 0 Å². The molecule has 0 N–H and O–H groups in total. The van der Waals surface area contributed by atoms with Gasteiger partial charge in [-0.3, -0.25) is 14.4 Å². The lowest BCUT2D eigenvalue weighted by atomic mass is 10.0. The summed E-state index contributed by atoms with van der Waals surface area (Å²) in [7, 11) is 0. The first-order chi connectivity index (χ1) is 26.4. The van der Waals surface area contributed by atoms with Crippen molar-refractivity contribution < 1.29 is 28.6 Å². The first-order valence-electron chi connectivity index (χ1n) is 23.9. The zero-order valence-electron chi connectivity index (χ0n) is 36.7. The molecule has 0 aliphatic heterocycles. The molecule has 0 unspecified atom stereocenters. The van der Waals surface area contributed by atoms with Crippen molar-refractivity contribution in [2.24, 2.45) is 5.92 Å². The standard InChI is InChI=1S/C48H92O6/c1-5-7-9-11-13-14-15-17-22-25-29-33-37-41-48(51)54-45(42-52-46(49)39-35-31-26-12-10-8-6-2)43-53-47(50)40-36-32-28-24-21-19-16-18-20-23-27-30-34-38-44(3)4/h44-45H,5-43H2,1-4H3/t45-/m0/s1. The van der Waals surface area contributed by atoms with Crippen molar-refractivity contribution in [2.45, 2.75) is 271 Å². The number of ether oxygens (including phenoxy) is 3. The fourth-order valence-corrected chi connectivity index (χ4v) is 7.16. The van der Waals surface area contributed by atoms with Gasteiger partial charge < -0.3 is 14.2 Å². The van der Waals surface area contributed by atoms with Gasteiger partial charge in [0.05, 0.1) is 0 Å². The summed E-state index contributed by atoms with van der Waals surface area (Å²) < 4.78 is 16.7. The molecule has 6 heteroatoms. The van der Waals surface area contributed by atoms with Crippen LogP contribution in [-0.4, -0.2) is 37.2 Å². The highest BCUT2D eigenvalue weighted by atomic mass is 16.6. The molecule has 54 heavy (non-hydrogen) atoms. The highest BCUT2D eigenvalue weighted by Gasteiger charge is 2.19. The highest BCUT2D eigenvalue weighted by molar-refractivity contribution is 5.71. The quantitative estimate of drug-likeness (QED) is 0.0349. The van der Waals surface area contributed by atoms with E-state index in [1.807, 2.05) is 0 Å². The maximum atomic E-state index is 12.7. The van der Waals surface area contributed by atoms with Gasteiger partial charge in [-0.25, -0.2) is 0 Å². The van der Waals surface area contributed by atoms with Gasteiger partial charge in [0.15, 0.2) is 6.10 Å². The molecule has 0 spiro atoms. The monoisotopic (exact) mass is 765 g/mol. The predicted molar refractivity (Wildman–Crippen MR) is 229 cm³/mol. The molecule has 6 nitrogen and oxygen atoms in total. The Kier molecular flexibility index (Phi) is 41.3. The lowest BCUT2D eigenvalue weighted by Crippen LogP contribution is -2.30. The first kappa shape index (κ1) is 52.4. The van der Waals surface area contributed by atoms with Crippen LogP contribution in [0.3, 0.4) is 0 Å². The third-order valence-electron chi connectivity index (χ3n) is 10.8. The van der Waals surface area contributed by atoms with Gasteiger partial charge in [-0.15, -0.1) is 0 Å². The number of rotatable bonds is 43. The van der Waals surface area contributed by atoms with Gasteiger partial charge in [-0.2, -0.15) is 0 Å². The molecule has 0 aromatic rings. The van der Waals surface area contributed by atoms with Crippen molar-refractivity contribution >= 4 is 17.9 Å². The van der Waals surface area contributed by atoms with Crippen LogP contribution in [0, 0.1) is 5.92 Å². The van der Waals surface area contributed by atoms with E-state index in [1.165, 1.54) is 161 Å². The van der Waals surface area contributed by atoms with E-state index in [1.54, 1.807) is 0 Å². The lowest BCUT2D eigenvalue weighted by molar-refractivity contribution is -0.167. The first-order valence-corrected chi connectivity index (χ1v) is 23.9. The number of hydrogen-bond acceptors (Lipinski definition) is 6. The van der Waals surface area contributed by atoms with Gasteiger partial charge in [0.2, 0.25) is 0 Å². The Morgan fingerprint density at radius 2 is 0.611 bits per heavy atom. The molecule has 0 aromatic carbocycles. The SMILES string of the molecule is CCCCCCCCCCCCCCCC(=O)O[C@@H](COC(=O)CCCCCCCCC)COC(=O)CCCCCCCCCCCCCCCC(C)C. The molecule has 0 saturated carbocycles. The fourth-order valence-electron chi connectivity index (χ4n) is 7.16. The van der Waals surface area contributed by atoms with Crippen molar-refractivity contribution in [1.29, 1.82) is 0 Å². The van der Waals surface area contributed by atoms with E-state index < -0.39 is 6.10 Å². The van der Waals surface area contributed by atoms with Crippen LogP contribution in [0.1, 0.15) is 265 Å². The molecule has 0 bridgehead atoms. The molecule has 0 rings (SSSR count). The lowest BCUT2D eigenvalue weighted by Gasteiger charge is -2.18. The van der Waals surface area contributed by atoms with Gasteiger partial charge in [-0.05, 0) is 25.2 Å². The Morgan fingerprint density at radius 3 is 0.907 bits per heavy atom. The normalized spacial score (nSPS) is 11.9. The Labute approximate surface area is 336 Å². The van der Waals surface area contributed by atoms with Crippen LogP contribution in [0.2, 0.25) is 0 Å². The third kappa shape index (κ3) is 41.6. The van der Waals surface area contributed by atoms with Crippen LogP contribution < -0.4 is 0 Å². The zero-order chi connectivity index (χ0) is 39.6. The van der Waals surface area contributed by atoms with Crippen LogP contribution in [0.15, 0.2) is 0 Å². The zero-order valence-corrected chi connectivity index (χ0v) is 36.7. The Bertz CT molecular complexity index is 811. The van der Waals surface area contributed by atoms with Crippen molar-refractivity contribution in [1.82, 2.24) is 0 Å². The van der Waals surface area contributed by atoms with Crippen molar-refractivity contribution in [2.75, 3.05) is 13.2 Å². The van der Waals surface area contributed by atoms with Crippen molar-refractivity contribution in [3.63, 3.8) is 0 Å². The Morgan fingerprint density at radius 1 is 0.352 bits per heavy atom. The van der Waals surface area contributed by atoms with E-state index in [2.05, 4.69) is 27.7 Å². The predicted octanol–water partition coefficient (Wildman–Crippen LogP) is 15.1. The van der Waals surface area contributed by atoms with Gasteiger partial charge in [0, 0.05) is 19.3 Å². The van der Waals surface area contributed by atoms with Gasteiger partial charge >= 0.3 is 17.9 Å². The molecule has 0 aliphatic rings. The fraction of sp³-hybridized carbons (Fsp3) is 0.938. The number of carbonyl (C=O) groups is 3. The molecular weight excluding hydrogens is 673 g/mol. The second kappa shape index (κ2) is 42.6. The number of hydrogen-bond donors (Lipinski definition) is 0. The van der Waals surface area contributed by atoms with Gasteiger partial charge in [0.25, 0.3) is 0 Å². The molecule has 1 atom stereocenters. The Balaban J connectivity index is 4.23. The number of carbonyl (C=O) groups excluding carboxylic acids is 3. The van der Waals surface area contributed by atoms with E-state index in [0.29, 0.717) is 19.3 Å². The summed E-state index contributed by atoms with van der Waals surface area (Å²) in [6, 6.07) is 0. The van der Waals surface area contributed by atoms with Crippen molar-refractivity contribution in [3.8, 4) is 0 Å². The van der Waals surface area contributed by atoms with E-state index in [-0.39, 0.29) is 31.1 Å². The van der Waals surface area contributed by atoms with Crippen LogP contribution >= 0.6 is 0 Å². The third-order valence-corrected chi connectivity index (χ3v) is 10.8. The number of unbranched alkanes of at least 4 members (excludes halogenated alkanes) is 30. The molecule has 0 radical (unpaired) electrons. The summed E-state index contributed by atoms with van der Waals surface area (Å²) in [6.45, 7) is 8.98. The molecule has 0 heterocycles. The minimum absolute atomic E-state index is 0.0637. The second-order valence-electron chi connectivity index (χ2n) is 16.9. The van der Waals surface area contributed by atoms with Crippen LogP contribution in [0.5, 0.6) is 0 Å². The van der Waals surface area contributed by atoms with E-state index in [4.69, 9.17) is 14.2 Å². The molecular formula is C48H92O6. The maximum absolute atomic E-state index is 12.7. The number of esters is 3. The second-order valence-corrected chi connectivity index (χ2v) is 16.9. The molecule has 0 amide bonds. The largest absolute Gasteiger partial charge is 0.462 e. The smallest absolute Gasteiger partial charge is 0.306 e. The van der Waals surface area contributed by atoms with Gasteiger partial charge in [-0.1, -0.05) is 227 Å². The minimum atomic E-state index is -0.758. The molecule has 0 fully saturated rings. The molecule has 0 saturated heterocycles. The van der Waals surface area contributed by atoms with Gasteiger partial charge in [0.1, 0.15) is 13.2 Å². The minimum Gasteiger partial charge on any atom is -0.462 e. The van der Waals surface area contributed by atoms with E-state index in [9.17, 15) is 14.4 Å².